The number of nitrogens with zero attached hydrogens (tertiary/aromatic N) is 1. The molecule has 1 aromatic carbocycles. The van der Waals surface area contributed by atoms with Crippen LogP contribution in [-0.2, 0) is 11.3 Å². The normalized spacial score (nSPS) is 17.8. The van der Waals surface area contributed by atoms with Crippen LogP contribution in [-0.4, -0.2) is 30.8 Å². The maximum absolute atomic E-state index is 5.70. The molecule has 4 nitrogen and oxygen atoms in total. The van der Waals surface area contributed by atoms with Crippen LogP contribution in [0.5, 0.6) is 5.75 Å². The summed E-state index contributed by atoms with van der Waals surface area (Å²) in [6.07, 6.45) is 4.66. The molecule has 0 amide bonds. The molecular formula is C17H22N2O2S. The van der Waals surface area contributed by atoms with Gasteiger partial charge in [0.2, 0.25) is 0 Å². The minimum Gasteiger partial charge on any atom is -0.493 e. The molecule has 1 atom stereocenters. The van der Waals surface area contributed by atoms with E-state index in [1.54, 1.807) is 11.3 Å². The molecule has 1 aliphatic rings. The largest absolute Gasteiger partial charge is 0.493 e. The Hall–Kier alpha value is -1.43. The van der Waals surface area contributed by atoms with Gasteiger partial charge in [-0.3, -0.25) is 0 Å². The van der Waals surface area contributed by atoms with Crippen LogP contribution in [0.2, 0.25) is 0 Å². The van der Waals surface area contributed by atoms with Gasteiger partial charge in [-0.05, 0) is 31.9 Å². The van der Waals surface area contributed by atoms with Crippen molar-refractivity contribution in [3.05, 3.63) is 35.5 Å². The van der Waals surface area contributed by atoms with Crippen LogP contribution in [0, 0.1) is 0 Å². The van der Waals surface area contributed by atoms with E-state index in [4.69, 9.17) is 9.47 Å². The Kier molecular flexibility index (Phi) is 5.43. The standard InChI is InChI=1S/C17H22N2O2S/c1-2-20-15-8-4-3-7-14(15)16-11-19-17(22-16)12-18-10-13-6-5-9-21-13/h3-4,7-8,11,13,18H,2,5-6,9-10,12H2,1H3. The van der Waals surface area contributed by atoms with Crippen molar-refractivity contribution < 1.29 is 9.47 Å². The first-order chi connectivity index (χ1) is 10.9. The zero-order valence-electron chi connectivity index (χ0n) is 12.9. The molecule has 0 saturated carbocycles. The lowest BCUT2D eigenvalue weighted by molar-refractivity contribution is 0.110. The number of hydrogen-bond acceptors (Lipinski definition) is 5. The maximum Gasteiger partial charge on any atom is 0.127 e. The molecular weight excluding hydrogens is 296 g/mol. The molecule has 0 aliphatic carbocycles. The third-order valence-electron chi connectivity index (χ3n) is 3.68. The molecule has 22 heavy (non-hydrogen) atoms. The summed E-state index contributed by atoms with van der Waals surface area (Å²) >= 11 is 1.71. The van der Waals surface area contributed by atoms with Crippen LogP contribution in [0.1, 0.15) is 24.8 Å². The topological polar surface area (TPSA) is 43.4 Å². The number of benzene rings is 1. The first-order valence-electron chi connectivity index (χ1n) is 7.86. The molecule has 1 unspecified atom stereocenters. The second kappa shape index (κ2) is 7.72. The monoisotopic (exact) mass is 318 g/mol. The van der Waals surface area contributed by atoms with Gasteiger partial charge in [-0.1, -0.05) is 12.1 Å². The fraction of sp³-hybridized carbons (Fsp3) is 0.471. The molecule has 0 bridgehead atoms. The van der Waals surface area contributed by atoms with E-state index in [1.165, 1.54) is 6.42 Å². The summed E-state index contributed by atoms with van der Waals surface area (Å²) in [5.74, 6) is 0.924. The highest BCUT2D eigenvalue weighted by atomic mass is 32.1. The number of thiazole rings is 1. The summed E-state index contributed by atoms with van der Waals surface area (Å²) < 4.78 is 11.3. The molecule has 1 saturated heterocycles. The Morgan fingerprint density at radius 3 is 3.14 bits per heavy atom. The van der Waals surface area contributed by atoms with Crippen LogP contribution in [0.3, 0.4) is 0 Å². The Balaban J connectivity index is 1.61. The minimum atomic E-state index is 0.373. The number of aromatic nitrogens is 1. The zero-order valence-corrected chi connectivity index (χ0v) is 13.7. The van der Waals surface area contributed by atoms with Crippen LogP contribution in [0.25, 0.3) is 10.4 Å². The van der Waals surface area contributed by atoms with E-state index in [0.717, 1.165) is 47.3 Å². The molecule has 1 N–H and O–H groups in total. The smallest absolute Gasteiger partial charge is 0.127 e. The Morgan fingerprint density at radius 2 is 2.32 bits per heavy atom. The van der Waals surface area contributed by atoms with Gasteiger partial charge in [0.15, 0.2) is 0 Å². The lowest BCUT2D eigenvalue weighted by atomic mass is 10.2. The highest BCUT2D eigenvalue weighted by Crippen LogP contribution is 2.33. The molecule has 3 rings (SSSR count). The van der Waals surface area contributed by atoms with Crippen molar-refractivity contribution in [3.8, 4) is 16.2 Å². The first-order valence-corrected chi connectivity index (χ1v) is 8.67. The van der Waals surface area contributed by atoms with Gasteiger partial charge in [-0.25, -0.2) is 4.98 Å². The molecule has 1 aromatic heterocycles. The van der Waals surface area contributed by atoms with Crippen LogP contribution < -0.4 is 10.1 Å². The van der Waals surface area contributed by atoms with E-state index in [-0.39, 0.29) is 0 Å². The fourth-order valence-electron chi connectivity index (χ4n) is 2.61. The van der Waals surface area contributed by atoms with Gasteiger partial charge >= 0.3 is 0 Å². The fourth-order valence-corrected chi connectivity index (χ4v) is 3.53. The summed E-state index contributed by atoms with van der Waals surface area (Å²) in [6.45, 7) is 5.28. The minimum absolute atomic E-state index is 0.373. The quantitative estimate of drug-likeness (QED) is 0.849. The summed E-state index contributed by atoms with van der Waals surface area (Å²) in [5, 5.41) is 4.54. The first kappa shape index (κ1) is 15.5. The van der Waals surface area contributed by atoms with Gasteiger partial charge in [-0.15, -0.1) is 11.3 Å². The van der Waals surface area contributed by atoms with Crippen molar-refractivity contribution >= 4 is 11.3 Å². The van der Waals surface area contributed by atoms with Crippen molar-refractivity contribution in [2.75, 3.05) is 19.8 Å². The molecule has 0 radical (unpaired) electrons. The number of hydrogen-bond donors (Lipinski definition) is 1. The average molecular weight is 318 g/mol. The van der Waals surface area contributed by atoms with Gasteiger partial charge in [0.05, 0.1) is 17.6 Å². The second-order valence-electron chi connectivity index (χ2n) is 5.31. The Morgan fingerprint density at radius 1 is 1.41 bits per heavy atom. The van der Waals surface area contributed by atoms with Crippen LogP contribution in [0.15, 0.2) is 30.5 Å². The van der Waals surface area contributed by atoms with E-state index in [9.17, 15) is 0 Å². The lowest BCUT2D eigenvalue weighted by Crippen LogP contribution is -2.25. The number of ether oxygens (including phenoxy) is 2. The summed E-state index contributed by atoms with van der Waals surface area (Å²) in [5.41, 5.74) is 1.12. The number of nitrogens with one attached hydrogen (secondary N) is 1. The van der Waals surface area contributed by atoms with Crippen molar-refractivity contribution in [2.45, 2.75) is 32.4 Å². The second-order valence-corrected chi connectivity index (χ2v) is 6.43. The maximum atomic E-state index is 5.70. The molecule has 0 spiro atoms. The van der Waals surface area contributed by atoms with Crippen molar-refractivity contribution in [1.82, 2.24) is 10.3 Å². The average Bonchev–Trinajstić information content (AvgIpc) is 3.20. The van der Waals surface area contributed by atoms with Crippen molar-refractivity contribution in [3.63, 3.8) is 0 Å². The molecule has 5 heteroatoms. The van der Waals surface area contributed by atoms with Gasteiger partial charge in [0, 0.05) is 31.5 Å². The van der Waals surface area contributed by atoms with Crippen LogP contribution >= 0.6 is 11.3 Å². The van der Waals surface area contributed by atoms with Crippen molar-refractivity contribution in [1.29, 1.82) is 0 Å². The predicted molar refractivity (Wildman–Crippen MR) is 89.4 cm³/mol. The highest BCUT2D eigenvalue weighted by molar-refractivity contribution is 7.15. The Labute approximate surface area is 135 Å². The third-order valence-corrected chi connectivity index (χ3v) is 4.71. The van der Waals surface area contributed by atoms with Crippen molar-refractivity contribution in [2.24, 2.45) is 0 Å². The van der Waals surface area contributed by atoms with E-state index in [0.29, 0.717) is 12.7 Å². The van der Waals surface area contributed by atoms with E-state index >= 15 is 0 Å². The van der Waals surface area contributed by atoms with Crippen LogP contribution in [0.4, 0.5) is 0 Å². The predicted octanol–water partition coefficient (Wildman–Crippen LogP) is 3.48. The van der Waals surface area contributed by atoms with Gasteiger partial charge in [-0.2, -0.15) is 0 Å². The van der Waals surface area contributed by atoms with Gasteiger partial charge in [0.1, 0.15) is 10.8 Å². The zero-order chi connectivity index (χ0) is 15.2. The third kappa shape index (κ3) is 3.85. The van der Waals surface area contributed by atoms with E-state index in [2.05, 4.69) is 16.4 Å². The molecule has 1 fully saturated rings. The highest BCUT2D eigenvalue weighted by Gasteiger charge is 2.15. The van der Waals surface area contributed by atoms with E-state index in [1.807, 2.05) is 31.3 Å². The van der Waals surface area contributed by atoms with E-state index < -0.39 is 0 Å². The van der Waals surface area contributed by atoms with Gasteiger partial charge in [0.25, 0.3) is 0 Å². The molecule has 1 aliphatic heterocycles. The summed E-state index contributed by atoms with van der Waals surface area (Å²) in [6, 6.07) is 8.13. The number of rotatable bonds is 7. The lowest BCUT2D eigenvalue weighted by Gasteiger charge is -2.09. The molecule has 2 heterocycles. The molecule has 118 valence electrons. The Bertz CT molecular complexity index is 594. The summed E-state index contributed by atoms with van der Waals surface area (Å²) in [7, 11) is 0. The SMILES string of the molecule is CCOc1ccccc1-c1cnc(CNCC2CCCO2)s1. The molecule has 2 aromatic rings. The number of para-hydroxylation sites is 1. The van der Waals surface area contributed by atoms with Gasteiger partial charge < -0.3 is 14.8 Å². The summed E-state index contributed by atoms with van der Waals surface area (Å²) in [4.78, 5) is 5.67.